The zero-order valence-corrected chi connectivity index (χ0v) is 16.0. The molecule has 1 heterocycles. The molecular formula is C22H25N3O3. The van der Waals surface area contributed by atoms with Crippen LogP contribution in [0.15, 0.2) is 54.6 Å². The quantitative estimate of drug-likeness (QED) is 0.811. The Kier molecular flexibility index (Phi) is 6.09. The highest BCUT2D eigenvalue weighted by Crippen LogP contribution is 2.27. The fourth-order valence-electron chi connectivity index (χ4n) is 3.57. The third kappa shape index (κ3) is 4.22. The van der Waals surface area contributed by atoms with Crippen LogP contribution < -0.4 is 10.6 Å². The molecule has 1 atom stereocenters. The van der Waals surface area contributed by atoms with E-state index in [-0.39, 0.29) is 18.5 Å². The highest BCUT2D eigenvalue weighted by atomic mass is 16.2. The first-order valence-corrected chi connectivity index (χ1v) is 9.57. The lowest BCUT2D eigenvalue weighted by Gasteiger charge is -2.40. The summed E-state index contributed by atoms with van der Waals surface area (Å²) in [6, 6.07) is 17.5. The molecule has 0 aliphatic carbocycles. The van der Waals surface area contributed by atoms with Gasteiger partial charge in [0.05, 0.1) is 6.04 Å². The average molecular weight is 379 g/mol. The van der Waals surface area contributed by atoms with E-state index in [9.17, 15) is 14.4 Å². The van der Waals surface area contributed by atoms with Crippen LogP contribution in [0.3, 0.4) is 0 Å². The topological polar surface area (TPSA) is 83.7 Å². The van der Waals surface area contributed by atoms with E-state index in [0.717, 1.165) is 36.1 Å². The van der Waals surface area contributed by atoms with Crippen LogP contribution in [-0.4, -0.2) is 41.8 Å². The van der Waals surface area contributed by atoms with E-state index >= 15 is 0 Å². The first-order chi connectivity index (χ1) is 13.5. The van der Waals surface area contributed by atoms with Crippen molar-refractivity contribution in [2.45, 2.75) is 32.2 Å². The molecule has 0 spiro atoms. The number of amides is 3. The van der Waals surface area contributed by atoms with Gasteiger partial charge in [-0.1, -0.05) is 62.2 Å². The molecule has 6 nitrogen and oxygen atoms in total. The lowest BCUT2D eigenvalue weighted by Crippen LogP contribution is -2.60. The Balaban J connectivity index is 1.87. The third-order valence-corrected chi connectivity index (χ3v) is 5.07. The van der Waals surface area contributed by atoms with Gasteiger partial charge < -0.3 is 15.5 Å². The van der Waals surface area contributed by atoms with Crippen LogP contribution in [0.4, 0.5) is 5.69 Å². The molecule has 6 heteroatoms. The van der Waals surface area contributed by atoms with Crippen LogP contribution in [0.25, 0.3) is 11.1 Å². The summed E-state index contributed by atoms with van der Waals surface area (Å²) in [6.07, 6.45) is 2.59. The normalized spacial score (nSPS) is 16.9. The maximum Gasteiger partial charge on any atom is 0.312 e. The van der Waals surface area contributed by atoms with Crippen LogP contribution in [-0.2, 0) is 14.4 Å². The molecule has 0 saturated carbocycles. The van der Waals surface area contributed by atoms with Crippen molar-refractivity contribution in [2.24, 2.45) is 5.73 Å². The number of carbonyl (C=O) groups excluding carboxylic acids is 3. The molecule has 3 rings (SSSR count). The molecule has 2 aromatic carbocycles. The van der Waals surface area contributed by atoms with Crippen LogP contribution in [0.1, 0.15) is 26.2 Å². The molecule has 28 heavy (non-hydrogen) atoms. The predicted octanol–water partition coefficient (Wildman–Crippen LogP) is 2.57. The van der Waals surface area contributed by atoms with Crippen LogP contribution in [0, 0.1) is 0 Å². The largest absolute Gasteiger partial charge is 0.361 e. The molecule has 2 aromatic rings. The van der Waals surface area contributed by atoms with Gasteiger partial charge >= 0.3 is 11.8 Å². The Hall–Kier alpha value is -3.15. The number of primary amides is 1. The van der Waals surface area contributed by atoms with E-state index < -0.39 is 11.8 Å². The van der Waals surface area contributed by atoms with Crippen molar-refractivity contribution in [1.29, 1.82) is 0 Å². The summed E-state index contributed by atoms with van der Waals surface area (Å²) in [5.74, 6) is -2.02. The van der Waals surface area contributed by atoms with E-state index in [1.165, 1.54) is 4.90 Å². The number of benzene rings is 2. The number of hydrogen-bond acceptors (Lipinski definition) is 3. The van der Waals surface area contributed by atoms with Gasteiger partial charge in [0.15, 0.2) is 0 Å². The zero-order chi connectivity index (χ0) is 20.1. The molecule has 146 valence electrons. The fourth-order valence-corrected chi connectivity index (χ4v) is 3.57. The Bertz CT molecular complexity index is 866. The van der Waals surface area contributed by atoms with Gasteiger partial charge in [-0.25, -0.2) is 0 Å². The van der Waals surface area contributed by atoms with Gasteiger partial charge in [0.2, 0.25) is 5.91 Å². The van der Waals surface area contributed by atoms with E-state index in [1.54, 1.807) is 4.90 Å². The maximum absolute atomic E-state index is 12.8. The molecule has 2 N–H and O–H groups in total. The standard InChI is InChI=1S/C22H25N3O3/c1-2-3-11-19-14-24(20(26)15-25(19)22(28)21(23)27)18-12-7-10-17(13-18)16-8-5-4-6-9-16/h4-10,12-13,19H,2-3,11,14-15H2,1H3,(H2,23,27). The molecule has 1 aliphatic rings. The van der Waals surface area contributed by atoms with E-state index in [0.29, 0.717) is 6.54 Å². The summed E-state index contributed by atoms with van der Waals surface area (Å²) >= 11 is 0. The first-order valence-electron chi connectivity index (χ1n) is 9.57. The lowest BCUT2D eigenvalue weighted by atomic mass is 10.0. The second-order valence-electron chi connectivity index (χ2n) is 7.01. The summed E-state index contributed by atoms with van der Waals surface area (Å²) in [5, 5.41) is 0. The number of anilines is 1. The Morgan fingerprint density at radius 2 is 1.79 bits per heavy atom. The first kappa shape index (κ1) is 19.6. The monoisotopic (exact) mass is 379 g/mol. The van der Waals surface area contributed by atoms with Crippen LogP contribution in [0.5, 0.6) is 0 Å². The Morgan fingerprint density at radius 3 is 2.46 bits per heavy atom. The smallest absolute Gasteiger partial charge is 0.312 e. The molecule has 0 bridgehead atoms. The molecule has 3 amide bonds. The van der Waals surface area contributed by atoms with Crippen molar-refractivity contribution in [3.05, 3.63) is 54.6 Å². The summed E-state index contributed by atoms with van der Waals surface area (Å²) in [6.45, 7) is 2.29. The molecule has 0 aromatic heterocycles. The number of nitrogens with two attached hydrogens (primary N) is 1. The highest BCUT2D eigenvalue weighted by molar-refractivity contribution is 6.34. The zero-order valence-electron chi connectivity index (χ0n) is 16.0. The average Bonchev–Trinajstić information content (AvgIpc) is 2.72. The Labute approximate surface area is 164 Å². The molecule has 1 fully saturated rings. The number of unbranched alkanes of at least 4 members (excludes halogenated alkanes) is 1. The summed E-state index contributed by atoms with van der Waals surface area (Å²) in [7, 11) is 0. The molecule has 1 saturated heterocycles. The van der Waals surface area contributed by atoms with Crippen molar-refractivity contribution < 1.29 is 14.4 Å². The second-order valence-corrected chi connectivity index (χ2v) is 7.01. The van der Waals surface area contributed by atoms with Crippen molar-refractivity contribution >= 4 is 23.4 Å². The van der Waals surface area contributed by atoms with Gasteiger partial charge in [0.1, 0.15) is 6.54 Å². The summed E-state index contributed by atoms with van der Waals surface area (Å²) < 4.78 is 0. The predicted molar refractivity (Wildman–Crippen MR) is 108 cm³/mol. The van der Waals surface area contributed by atoms with Gasteiger partial charge in [0.25, 0.3) is 0 Å². The van der Waals surface area contributed by atoms with Crippen LogP contribution >= 0.6 is 0 Å². The van der Waals surface area contributed by atoms with E-state index in [1.807, 2.05) is 54.6 Å². The summed E-state index contributed by atoms with van der Waals surface area (Å²) in [5.41, 5.74) is 8.06. The minimum Gasteiger partial charge on any atom is -0.361 e. The summed E-state index contributed by atoms with van der Waals surface area (Å²) in [4.78, 5) is 39.4. The fraction of sp³-hybridized carbons (Fsp3) is 0.318. The van der Waals surface area contributed by atoms with Gasteiger partial charge in [-0.05, 0) is 29.7 Å². The number of rotatable bonds is 5. The lowest BCUT2D eigenvalue weighted by molar-refractivity contribution is -0.148. The van der Waals surface area contributed by atoms with Crippen molar-refractivity contribution in [1.82, 2.24) is 4.90 Å². The molecular weight excluding hydrogens is 354 g/mol. The van der Waals surface area contributed by atoms with Crippen LogP contribution in [0.2, 0.25) is 0 Å². The number of piperazine rings is 1. The Morgan fingerprint density at radius 1 is 1.07 bits per heavy atom. The number of nitrogens with zero attached hydrogens (tertiary/aromatic N) is 2. The van der Waals surface area contributed by atoms with E-state index in [4.69, 9.17) is 5.73 Å². The van der Waals surface area contributed by atoms with Crippen molar-refractivity contribution in [3.8, 4) is 11.1 Å². The minimum atomic E-state index is -1.02. The van der Waals surface area contributed by atoms with Crippen molar-refractivity contribution in [2.75, 3.05) is 18.0 Å². The van der Waals surface area contributed by atoms with Crippen molar-refractivity contribution in [3.63, 3.8) is 0 Å². The molecule has 1 aliphatic heterocycles. The third-order valence-electron chi connectivity index (χ3n) is 5.07. The van der Waals surface area contributed by atoms with Gasteiger partial charge in [-0.2, -0.15) is 0 Å². The number of hydrogen-bond donors (Lipinski definition) is 1. The number of carbonyl (C=O) groups is 3. The molecule has 0 radical (unpaired) electrons. The highest BCUT2D eigenvalue weighted by Gasteiger charge is 2.37. The van der Waals surface area contributed by atoms with Gasteiger partial charge in [-0.3, -0.25) is 14.4 Å². The second kappa shape index (κ2) is 8.69. The maximum atomic E-state index is 12.8. The SMILES string of the molecule is CCCCC1CN(c2cccc(-c3ccccc3)c2)C(=O)CN1C(=O)C(N)=O. The van der Waals surface area contributed by atoms with E-state index in [2.05, 4.69) is 6.92 Å². The van der Waals surface area contributed by atoms with Gasteiger partial charge in [-0.15, -0.1) is 0 Å². The minimum absolute atomic E-state index is 0.133. The molecule has 1 unspecified atom stereocenters. The van der Waals surface area contributed by atoms with Gasteiger partial charge in [0, 0.05) is 12.2 Å².